The van der Waals surface area contributed by atoms with Crippen LogP contribution in [-0.2, 0) is 0 Å². The lowest BCUT2D eigenvalue weighted by Gasteiger charge is -2.26. The highest BCUT2D eigenvalue weighted by Crippen LogP contribution is 2.29. The molecule has 3 rings (SSSR count). The smallest absolute Gasteiger partial charge is 0.0456 e. The van der Waals surface area contributed by atoms with Crippen LogP contribution in [0, 0.1) is 5.41 Å². The van der Waals surface area contributed by atoms with Gasteiger partial charge >= 0.3 is 0 Å². The van der Waals surface area contributed by atoms with Gasteiger partial charge in [0.05, 0.1) is 0 Å². The summed E-state index contributed by atoms with van der Waals surface area (Å²) >= 11 is 0. The molecule has 2 heterocycles. The van der Waals surface area contributed by atoms with Crippen molar-refractivity contribution in [1.29, 1.82) is 5.41 Å². The third-order valence-electron chi connectivity index (χ3n) is 2.86. The molecule has 3 aliphatic rings. The molecule has 0 fully saturated rings. The summed E-state index contributed by atoms with van der Waals surface area (Å²) in [6.45, 7) is 0. The molecule has 0 spiro atoms. The largest absolute Gasteiger partial charge is 0.323 e. The van der Waals surface area contributed by atoms with E-state index in [0.717, 1.165) is 23.3 Å². The summed E-state index contributed by atoms with van der Waals surface area (Å²) in [6.07, 6.45) is 19.2. The molecule has 0 aromatic carbocycles. The Labute approximate surface area is 94.8 Å². The van der Waals surface area contributed by atoms with Gasteiger partial charge in [-0.1, -0.05) is 24.3 Å². The Morgan fingerprint density at radius 2 is 2.12 bits per heavy atom. The second-order valence-electron chi connectivity index (χ2n) is 3.95. The molecule has 0 saturated heterocycles. The molecule has 0 radical (unpaired) electrons. The van der Waals surface area contributed by atoms with Crippen LogP contribution in [-0.4, -0.2) is 10.6 Å². The van der Waals surface area contributed by atoms with Gasteiger partial charge in [0.1, 0.15) is 0 Å². The number of nitrogens with one attached hydrogen (secondary N) is 1. The van der Waals surface area contributed by atoms with E-state index < -0.39 is 0 Å². The second kappa shape index (κ2) is 3.49. The molecular weight excluding hydrogens is 196 g/mol. The van der Waals surface area contributed by atoms with Crippen LogP contribution < -0.4 is 0 Å². The molecule has 0 bridgehead atoms. The van der Waals surface area contributed by atoms with Crippen LogP contribution >= 0.6 is 0 Å². The van der Waals surface area contributed by atoms with E-state index >= 15 is 0 Å². The number of hydrogen-bond donors (Lipinski definition) is 1. The van der Waals surface area contributed by atoms with E-state index in [1.54, 1.807) is 0 Å². The molecule has 2 heteroatoms. The van der Waals surface area contributed by atoms with Crippen LogP contribution in [0.2, 0.25) is 0 Å². The molecule has 0 saturated carbocycles. The predicted octanol–water partition coefficient (Wildman–Crippen LogP) is 3.06. The first-order valence-corrected chi connectivity index (χ1v) is 5.36. The Morgan fingerprint density at radius 1 is 1.19 bits per heavy atom. The van der Waals surface area contributed by atoms with Crippen molar-refractivity contribution in [3.8, 4) is 0 Å². The maximum atomic E-state index is 7.93. The standard InChI is InChI=1S/C14H12N2/c15-14-7-4-5-11-10-16-8-3-1-2-6-12(16)9-13(11)14/h1-6,8-10,15H,7H2. The Kier molecular flexibility index (Phi) is 2.00. The number of allylic oxidation sites excluding steroid dienone is 9. The molecule has 0 aromatic rings. The number of fused-ring (bicyclic) bond motifs is 2. The highest BCUT2D eigenvalue weighted by atomic mass is 15.1. The maximum Gasteiger partial charge on any atom is 0.0456 e. The zero-order valence-corrected chi connectivity index (χ0v) is 8.85. The van der Waals surface area contributed by atoms with Crippen LogP contribution in [0.1, 0.15) is 6.42 Å². The first-order valence-electron chi connectivity index (χ1n) is 5.36. The van der Waals surface area contributed by atoms with Gasteiger partial charge in [-0.15, -0.1) is 0 Å². The number of hydrogen-bond acceptors (Lipinski definition) is 2. The molecule has 2 nitrogen and oxygen atoms in total. The molecule has 0 unspecified atom stereocenters. The second-order valence-corrected chi connectivity index (χ2v) is 3.95. The van der Waals surface area contributed by atoms with Crippen molar-refractivity contribution in [1.82, 2.24) is 4.90 Å². The maximum absolute atomic E-state index is 7.93. The van der Waals surface area contributed by atoms with Crippen LogP contribution in [0.3, 0.4) is 0 Å². The molecule has 1 aliphatic carbocycles. The van der Waals surface area contributed by atoms with Crippen LogP contribution in [0.5, 0.6) is 0 Å². The normalized spacial score (nSPS) is 21.9. The Morgan fingerprint density at radius 3 is 3.06 bits per heavy atom. The highest BCUT2D eigenvalue weighted by molar-refractivity contribution is 6.05. The molecule has 0 amide bonds. The third-order valence-corrected chi connectivity index (χ3v) is 2.86. The quantitative estimate of drug-likeness (QED) is 0.650. The minimum absolute atomic E-state index is 0.700. The third kappa shape index (κ3) is 1.39. The van der Waals surface area contributed by atoms with Gasteiger partial charge in [-0.05, 0) is 23.8 Å². The van der Waals surface area contributed by atoms with Gasteiger partial charge in [0.2, 0.25) is 0 Å². The first kappa shape index (κ1) is 9.16. The zero-order valence-electron chi connectivity index (χ0n) is 8.85. The van der Waals surface area contributed by atoms with Crippen molar-refractivity contribution in [2.45, 2.75) is 6.42 Å². The Balaban J connectivity index is 2.12. The van der Waals surface area contributed by atoms with Crippen LogP contribution in [0.4, 0.5) is 0 Å². The highest BCUT2D eigenvalue weighted by Gasteiger charge is 2.19. The number of nitrogens with zero attached hydrogens (tertiary/aromatic N) is 1. The van der Waals surface area contributed by atoms with Crippen LogP contribution in [0.25, 0.3) is 0 Å². The molecule has 0 aromatic heterocycles. The topological polar surface area (TPSA) is 27.1 Å². The van der Waals surface area contributed by atoms with Crippen molar-refractivity contribution < 1.29 is 0 Å². The minimum atomic E-state index is 0.700. The zero-order chi connectivity index (χ0) is 11.0. The summed E-state index contributed by atoms with van der Waals surface area (Å²) in [5.41, 5.74) is 3.99. The first-order chi connectivity index (χ1) is 7.84. The minimum Gasteiger partial charge on any atom is -0.323 e. The van der Waals surface area contributed by atoms with Crippen molar-refractivity contribution in [3.05, 3.63) is 71.8 Å². The van der Waals surface area contributed by atoms with E-state index in [1.807, 2.05) is 30.5 Å². The molecule has 0 atom stereocenters. The lowest BCUT2D eigenvalue weighted by atomic mass is 9.91. The van der Waals surface area contributed by atoms with Crippen molar-refractivity contribution >= 4 is 5.71 Å². The van der Waals surface area contributed by atoms with Gasteiger partial charge in [0.15, 0.2) is 0 Å². The fourth-order valence-corrected chi connectivity index (χ4v) is 2.03. The van der Waals surface area contributed by atoms with Gasteiger partial charge in [0.25, 0.3) is 0 Å². The molecule has 16 heavy (non-hydrogen) atoms. The van der Waals surface area contributed by atoms with Gasteiger partial charge in [-0.3, -0.25) is 0 Å². The fourth-order valence-electron chi connectivity index (χ4n) is 2.03. The Hall–Kier alpha value is -2.09. The number of rotatable bonds is 0. The summed E-state index contributed by atoms with van der Waals surface area (Å²) in [5, 5.41) is 7.93. The van der Waals surface area contributed by atoms with Gasteiger partial charge < -0.3 is 10.3 Å². The SMILES string of the molecule is N=C1CC=CC2=CN3C=CC=CC=C3C=C12. The van der Waals surface area contributed by atoms with E-state index in [2.05, 4.69) is 29.3 Å². The molecular formula is C14H12N2. The summed E-state index contributed by atoms with van der Waals surface area (Å²) in [6, 6.07) is 0. The summed E-state index contributed by atoms with van der Waals surface area (Å²) in [4.78, 5) is 2.09. The summed E-state index contributed by atoms with van der Waals surface area (Å²) in [7, 11) is 0. The fraction of sp³-hybridized carbons (Fsp3) is 0.0714. The van der Waals surface area contributed by atoms with E-state index in [1.165, 1.54) is 0 Å². The monoisotopic (exact) mass is 208 g/mol. The van der Waals surface area contributed by atoms with Gasteiger partial charge in [0, 0.05) is 35.8 Å². The summed E-state index contributed by atoms with van der Waals surface area (Å²) < 4.78 is 0. The van der Waals surface area contributed by atoms with Crippen molar-refractivity contribution in [2.75, 3.05) is 0 Å². The Bertz CT molecular complexity index is 525. The van der Waals surface area contributed by atoms with Gasteiger partial charge in [-0.25, -0.2) is 0 Å². The van der Waals surface area contributed by atoms with Crippen molar-refractivity contribution in [3.63, 3.8) is 0 Å². The molecule has 1 N–H and O–H groups in total. The van der Waals surface area contributed by atoms with E-state index in [-0.39, 0.29) is 0 Å². The van der Waals surface area contributed by atoms with E-state index in [0.29, 0.717) is 5.71 Å². The lowest BCUT2D eigenvalue weighted by molar-refractivity contribution is 0.640. The van der Waals surface area contributed by atoms with E-state index in [9.17, 15) is 0 Å². The average Bonchev–Trinajstić information content (AvgIpc) is 2.52. The van der Waals surface area contributed by atoms with E-state index in [4.69, 9.17) is 5.41 Å². The lowest BCUT2D eigenvalue weighted by Crippen LogP contribution is -2.18. The van der Waals surface area contributed by atoms with Gasteiger partial charge in [-0.2, -0.15) is 0 Å². The van der Waals surface area contributed by atoms with Crippen LogP contribution in [0.15, 0.2) is 71.8 Å². The predicted molar refractivity (Wildman–Crippen MR) is 65.9 cm³/mol. The molecule has 78 valence electrons. The summed E-state index contributed by atoms with van der Waals surface area (Å²) in [5.74, 6) is 0. The van der Waals surface area contributed by atoms with Crippen molar-refractivity contribution in [2.24, 2.45) is 0 Å². The molecule has 2 aliphatic heterocycles. The average molecular weight is 208 g/mol.